The Labute approximate surface area is 246 Å². The van der Waals surface area contributed by atoms with Crippen LogP contribution in [0.4, 0.5) is 0 Å². The van der Waals surface area contributed by atoms with E-state index in [1.165, 1.54) is 115 Å². The van der Waals surface area contributed by atoms with Gasteiger partial charge < -0.3 is 9.64 Å². The maximum Gasteiger partial charge on any atom is 0.305 e. The minimum atomic E-state index is 0.0632. The van der Waals surface area contributed by atoms with Crippen LogP contribution in [0.1, 0.15) is 143 Å². The zero-order valence-electron chi connectivity index (χ0n) is 26.5. The predicted molar refractivity (Wildman–Crippen MR) is 168 cm³/mol. The lowest BCUT2D eigenvalue weighted by Gasteiger charge is -2.62. The van der Waals surface area contributed by atoms with Crippen LogP contribution in [-0.2, 0) is 9.53 Å². The van der Waals surface area contributed by atoms with E-state index in [4.69, 9.17) is 4.74 Å². The molecule has 1 saturated heterocycles. The first-order valence-corrected chi connectivity index (χ1v) is 18.3. The Kier molecular flexibility index (Phi) is 12.0. The molecule has 4 fully saturated rings. The van der Waals surface area contributed by atoms with Gasteiger partial charge in [-0.3, -0.25) is 4.79 Å². The van der Waals surface area contributed by atoms with E-state index in [1.807, 2.05) is 0 Å². The molecule has 39 heavy (non-hydrogen) atoms. The molecule has 4 aliphatic rings. The lowest BCUT2D eigenvalue weighted by Crippen LogP contribution is -2.60. The highest BCUT2D eigenvalue weighted by Gasteiger charge is 2.60. The third kappa shape index (κ3) is 7.79. The molecule has 226 valence electrons. The highest BCUT2D eigenvalue weighted by atomic mass is 32.2. The van der Waals surface area contributed by atoms with E-state index in [1.54, 1.807) is 0 Å². The number of fused-ring (bicyclic) bond motifs is 5. The molecule has 4 rings (SSSR count). The van der Waals surface area contributed by atoms with Crippen molar-refractivity contribution in [2.45, 2.75) is 155 Å². The van der Waals surface area contributed by atoms with Crippen LogP contribution < -0.4 is 0 Å². The molecule has 0 aromatic heterocycles. The number of piperidine rings is 1. The van der Waals surface area contributed by atoms with Crippen molar-refractivity contribution in [2.75, 3.05) is 26.0 Å². The summed E-state index contributed by atoms with van der Waals surface area (Å²) in [7, 11) is 2.38. The standard InChI is InChI=1S/C35H63NO2S/c1-27(2)39-25-14-12-10-8-6-7-9-11-13-16-33(37)38-26-28-17-19-30-29-18-20-32-35(4,22-15-24-36(32)5)31(29)21-23-34(28,30)3/h27-32H,6-26H2,1-5H3/t28?,29-,30-,31-,32+,34+,35+/m0/s1. The fraction of sp³-hybridized carbons (Fsp3) is 0.971. The van der Waals surface area contributed by atoms with Crippen molar-refractivity contribution in [3.8, 4) is 0 Å². The fourth-order valence-corrected chi connectivity index (χ4v) is 10.8. The molecule has 0 N–H and O–H groups in total. The first-order valence-electron chi connectivity index (χ1n) is 17.2. The first-order chi connectivity index (χ1) is 18.8. The highest BCUT2D eigenvalue weighted by Crippen LogP contribution is 2.66. The quantitative estimate of drug-likeness (QED) is 0.147. The number of nitrogens with zero attached hydrogens (tertiary/aromatic N) is 1. The minimum Gasteiger partial charge on any atom is -0.465 e. The Bertz CT molecular complexity index is 757. The van der Waals surface area contributed by atoms with E-state index >= 15 is 0 Å². The SMILES string of the molecule is CC(C)SCCCCCCCCCCCC(=O)OCC1CC[C@H]2[C@@H]3CC[C@H]4N(C)CCC[C@]4(C)[C@H]3CC[C@]12C. The number of carbonyl (C=O) groups is 1. The van der Waals surface area contributed by atoms with Gasteiger partial charge in [-0.15, -0.1) is 0 Å². The van der Waals surface area contributed by atoms with Crippen LogP contribution in [0.15, 0.2) is 0 Å². The summed E-state index contributed by atoms with van der Waals surface area (Å²) in [6, 6.07) is 0.804. The lowest BCUT2D eigenvalue weighted by molar-refractivity contribution is -0.149. The number of ether oxygens (including phenoxy) is 1. The van der Waals surface area contributed by atoms with Crippen molar-refractivity contribution in [3.63, 3.8) is 0 Å². The molecule has 0 bridgehead atoms. The number of hydrogen-bond donors (Lipinski definition) is 0. The van der Waals surface area contributed by atoms with Crippen molar-refractivity contribution in [2.24, 2.45) is 34.5 Å². The van der Waals surface area contributed by atoms with Crippen LogP contribution in [0.5, 0.6) is 0 Å². The van der Waals surface area contributed by atoms with E-state index in [-0.39, 0.29) is 5.97 Å². The summed E-state index contributed by atoms with van der Waals surface area (Å²) in [5.74, 6) is 4.63. The second kappa shape index (κ2) is 14.8. The van der Waals surface area contributed by atoms with Crippen LogP contribution in [0, 0.1) is 34.5 Å². The monoisotopic (exact) mass is 561 g/mol. The molecule has 3 aliphatic carbocycles. The van der Waals surface area contributed by atoms with Gasteiger partial charge in [0.25, 0.3) is 0 Å². The van der Waals surface area contributed by atoms with Gasteiger partial charge in [0.1, 0.15) is 0 Å². The van der Waals surface area contributed by atoms with Gasteiger partial charge >= 0.3 is 5.97 Å². The average molecular weight is 562 g/mol. The van der Waals surface area contributed by atoms with Crippen molar-refractivity contribution in [3.05, 3.63) is 0 Å². The van der Waals surface area contributed by atoms with Gasteiger partial charge in [0.05, 0.1) is 6.61 Å². The molecule has 0 aromatic carbocycles. The number of rotatable bonds is 15. The molecule has 7 atom stereocenters. The van der Waals surface area contributed by atoms with Crippen LogP contribution in [0.25, 0.3) is 0 Å². The fourth-order valence-electron chi connectivity index (χ4n) is 9.95. The molecule has 0 amide bonds. The van der Waals surface area contributed by atoms with Gasteiger partial charge in [-0.05, 0) is 123 Å². The molecule has 3 saturated carbocycles. The van der Waals surface area contributed by atoms with Gasteiger partial charge in [-0.2, -0.15) is 11.8 Å². The second-order valence-electron chi connectivity index (χ2n) is 14.9. The smallest absolute Gasteiger partial charge is 0.305 e. The average Bonchev–Trinajstić information content (AvgIpc) is 3.24. The highest BCUT2D eigenvalue weighted by molar-refractivity contribution is 7.99. The largest absolute Gasteiger partial charge is 0.465 e. The van der Waals surface area contributed by atoms with Gasteiger partial charge in [0.2, 0.25) is 0 Å². The molecule has 1 unspecified atom stereocenters. The molecule has 1 heterocycles. The molecule has 0 spiro atoms. The molecular formula is C35H63NO2S. The van der Waals surface area contributed by atoms with Crippen molar-refractivity contribution in [1.82, 2.24) is 4.90 Å². The summed E-state index contributed by atoms with van der Waals surface area (Å²) in [6.07, 6.45) is 23.4. The van der Waals surface area contributed by atoms with Gasteiger partial charge in [-0.25, -0.2) is 0 Å². The third-order valence-electron chi connectivity index (χ3n) is 12.2. The van der Waals surface area contributed by atoms with Crippen molar-refractivity contribution in [1.29, 1.82) is 0 Å². The van der Waals surface area contributed by atoms with Gasteiger partial charge in [-0.1, -0.05) is 72.6 Å². The molecule has 0 aromatic rings. The van der Waals surface area contributed by atoms with Crippen LogP contribution in [0.2, 0.25) is 0 Å². The first kappa shape index (κ1) is 31.7. The maximum atomic E-state index is 12.6. The summed E-state index contributed by atoms with van der Waals surface area (Å²) in [4.78, 5) is 15.3. The number of hydrogen-bond acceptors (Lipinski definition) is 4. The molecule has 4 heteroatoms. The number of thioether (sulfide) groups is 1. The maximum absolute atomic E-state index is 12.6. The van der Waals surface area contributed by atoms with Gasteiger partial charge in [0, 0.05) is 12.5 Å². The van der Waals surface area contributed by atoms with Crippen molar-refractivity contribution < 1.29 is 9.53 Å². The number of unbranched alkanes of at least 4 members (excludes halogenated alkanes) is 8. The summed E-state index contributed by atoms with van der Waals surface area (Å²) < 4.78 is 5.96. The summed E-state index contributed by atoms with van der Waals surface area (Å²) in [5, 5.41) is 0.776. The topological polar surface area (TPSA) is 29.5 Å². The molecule has 0 radical (unpaired) electrons. The zero-order chi connectivity index (χ0) is 27.9. The van der Waals surface area contributed by atoms with E-state index in [2.05, 4.69) is 51.4 Å². The Morgan fingerprint density at radius 1 is 0.846 bits per heavy atom. The van der Waals surface area contributed by atoms with Crippen molar-refractivity contribution >= 4 is 17.7 Å². The van der Waals surface area contributed by atoms with Gasteiger partial charge in [0.15, 0.2) is 0 Å². The van der Waals surface area contributed by atoms with E-state index in [9.17, 15) is 4.79 Å². The summed E-state index contributed by atoms with van der Waals surface area (Å²) in [6.45, 7) is 11.8. The number of likely N-dealkylation sites (tertiary alicyclic amines) is 1. The van der Waals surface area contributed by atoms with E-state index in [0.717, 1.165) is 35.5 Å². The lowest BCUT2D eigenvalue weighted by atomic mass is 9.47. The third-order valence-corrected chi connectivity index (χ3v) is 13.4. The van der Waals surface area contributed by atoms with Crippen LogP contribution in [-0.4, -0.2) is 48.1 Å². The van der Waals surface area contributed by atoms with E-state index in [0.29, 0.717) is 29.8 Å². The Morgan fingerprint density at radius 2 is 1.51 bits per heavy atom. The second-order valence-corrected chi connectivity index (χ2v) is 16.6. The van der Waals surface area contributed by atoms with Crippen LogP contribution in [0.3, 0.4) is 0 Å². The Balaban J connectivity index is 1.09. The summed E-state index contributed by atoms with van der Waals surface area (Å²) in [5.41, 5.74) is 0.909. The molecule has 3 nitrogen and oxygen atoms in total. The predicted octanol–water partition coefficient (Wildman–Crippen LogP) is 9.53. The normalized spacial score (nSPS) is 36.4. The van der Waals surface area contributed by atoms with E-state index < -0.39 is 0 Å². The van der Waals surface area contributed by atoms with Crippen LogP contribution >= 0.6 is 11.8 Å². The molecule has 1 aliphatic heterocycles. The molecular weight excluding hydrogens is 498 g/mol. The minimum absolute atomic E-state index is 0.0632. The Hall–Kier alpha value is -0.220. The number of esters is 1. The zero-order valence-corrected chi connectivity index (χ0v) is 27.3. The Morgan fingerprint density at radius 3 is 2.23 bits per heavy atom. The summed E-state index contributed by atoms with van der Waals surface area (Å²) >= 11 is 2.09. The number of carbonyl (C=O) groups excluding carboxylic acids is 1.